The largest absolute Gasteiger partial charge is 0.469 e. The van der Waals surface area contributed by atoms with E-state index in [9.17, 15) is 9.59 Å². The summed E-state index contributed by atoms with van der Waals surface area (Å²) >= 11 is 0. The van der Waals surface area contributed by atoms with Crippen molar-refractivity contribution < 1.29 is 19.1 Å². The van der Waals surface area contributed by atoms with Gasteiger partial charge in [0.2, 0.25) is 0 Å². The molecule has 1 unspecified atom stereocenters. The average Bonchev–Trinajstić information content (AvgIpc) is 3.19. The molecule has 0 N–H and O–H groups in total. The third-order valence-electron chi connectivity index (χ3n) is 7.75. The van der Waals surface area contributed by atoms with Crippen LogP contribution < -0.4 is 4.74 Å². The third-order valence-corrected chi connectivity index (χ3v) is 7.75. The first-order valence-electron chi connectivity index (χ1n) is 13.2. The molecule has 0 amide bonds. The van der Waals surface area contributed by atoms with Crippen LogP contribution in [0.3, 0.4) is 0 Å². The second-order valence-corrected chi connectivity index (χ2v) is 11.1. The lowest BCUT2D eigenvalue weighted by molar-refractivity contribution is -0.140. The first kappa shape index (κ1) is 26.7. The number of ether oxygens (including phenoxy) is 2. The van der Waals surface area contributed by atoms with Crippen molar-refractivity contribution in [1.29, 1.82) is 0 Å². The third kappa shape index (κ3) is 5.07. The molecule has 0 aromatic heterocycles. The highest BCUT2D eigenvalue weighted by Gasteiger charge is 2.42. The molecule has 3 aromatic rings. The van der Waals surface area contributed by atoms with Gasteiger partial charge in [-0.2, -0.15) is 0 Å². The van der Waals surface area contributed by atoms with Gasteiger partial charge in [-0.25, -0.2) is 0 Å². The number of esters is 2. The predicted molar refractivity (Wildman–Crippen MR) is 148 cm³/mol. The van der Waals surface area contributed by atoms with Gasteiger partial charge in [0.05, 0.1) is 7.11 Å². The number of rotatable bonds is 8. The SMILES string of the molecule is COC(=O)CCCC(C)(C)c1cc(C(C)C)c2c(c1-c1ccccc1C)C(c1ccccc1C)C(=O)O2. The molecule has 3 aromatic carbocycles. The summed E-state index contributed by atoms with van der Waals surface area (Å²) in [6.45, 7) is 12.9. The van der Waals surface area contributed by atoms with E-state index in [4.69, 9.17) is 9.47 Å². The highest BCUT2D eigenvalue weighted by atomic mass is 16.5. The Morgan fingerprint density at radius 3 is 2.30 bits per heavy atom. The fourth-order valence-corrected chi connectivity index (χ4v) is 5.58. The quantitative estimate of drug-likeness (QED) is 0.235. The molecule has 0 saturated carbocycles. The minimum atomic E-state index is -0.492. The van der Waals surface area contributed by atoms with Gasteiger partial charge in [-0.05, 0) is 77.0 Å². The Labute approximate surface area is 221 Å². The summed E-state index contributed by atoms with van der Waals surface area (Å²) in [5.41, 5.74) is 8.35. The van der Waals surface area contributed by atoms with Crippen LogP contribution in [-0.4, -0.2) is 19.0 Å². The van der Waals surface area contributed by atoms with E-state index in [1.807, 2.05) is 24.3 Å². The van der Waals surface area contributed by atoms with Gasteiger partial charge >= 0.3 is 11.9 Å². The normalized spacial score (nSPS) is 15.0. The molecule has 1 heterocycles. The average molecular weight is 499 g/mol. The summed E-state index contributed by atoms with van der Waals surface area (Å²) in [5.74, 6) is -0.0190. The van der Waals surface area contributed by atoms with Crippen LogP contribution in [0, 0.1) is 13.8 Å². The maximum absolute atomic E-state index is 13.6. The molecule has 1 aliphatic rings. The van der Waals surface area contributed by atoms with E-state index in [2.05, 4.69) is 71.9 Å². The van der Waals surface area contributed by atoms with Gasteiger partial charge in [0.1, 0.15) is 11.7 Å². The Hall–Kier alpha value is -3.40. The number of carbonyl (C=O) groups is 2. The lowest BCUT2D eigenvalue weighted by atomic mass is 9.71. The monoisotopic (exact) mass is 498 g/mol. The van der Waals surface area contributed by atoms with Crippen LogP contribution in [-0.2, 0) is 19.7 Å². The second-order valence-electron chi connectivity index (χ2n) is 11.1. The van der Waals surface area contributed by atoms with E-state index in [0.717, 1.165) is 51.8 Å². The van der Waals surface area contributed by atoms with Gasteiger partial charge in [0, 0.05) is 12.0 Å². The van der Waals surface area contributed by atoms with E-state index in [0.29, 0.717) is 12.2 Å². The molecule has 0 bridgehead atoms. The Bertz CT molecular complexity index is 1330. The number of hydrogen-bond donors (Lipinski definition) is 0. The summed E-state index contributed by atoms with van der Waals surface area (Å²) in [4.78, 5) is 25.5. The second kappa shape index (κ2) is 10.5. The fraction of sp³-hybridized carbons (Fsp3) is 0.394. The van der Waals surface area contributed by atoms with Gasteiger partial charge in [-0.1, -0.05) is 82.3 Å². The minimum Gasteiger partial charge on any atom is -0.469 e. The minimum absolute atomic E-state index is 0.174. The van der Waals surface area contributed by atoms with Crippen LogP contribution in [0.4, 0.5) is 0 Å². The molecule has 4 rings (SSSR count). The first-order valence-corrected chi connectivity index (χ1v) is 13.2. The van der Waals surface area contributed by atoms with Crippen molar-refractivity contribution in [3.05, 3.63) is 88.0 Å². The van der Waals surface area contributed by atoms with Crippen LogP contribution in [0.1, 0.15) is 92.2 Å². The van der Waals surface area contributed by atoms with E-state index >= 15 is 0 Å². The van der Waals surface area contributed by atoms with E-state index in [1.54, 1.807) is 0 Å². The van der Waals surface area contributed by atoms with Crippen LogP contribution in [0.25, 0.3) is 11.1 Å². The van der Waals surface area contributed by atoms with Crippen molar-refractivity contribution in [3.63, 3.8) is 0 Å². The smallest absolute Gasteiger partial charge is 0.323 e. The van der Waals surface area contributed by atoms with Gasteiger partial charge in [-0.15, -0.1) is 0 Å². The Morgan fingerprint density at radius 1 is 1.03 bits per heavy atom. The molecule has 0 saturated heterocycles. The molecular formula is C33H38O4. The van der Waals surface area contributed by atoms with E-state index < -0.39 is 5.92 Å². The van der Waals surface area contributed by atoms with Crippen LogP contribution in [0.5, 0.6) is 5.75 Å². The molecule has 4 heteroatoms. The molecule has 37 heavy (non-hydrogen) atoms. The summed E-state index contributed by atoms with van der Waals surface area (Å²) in [6.07, 6.45) is 1.91. The maximum Gasteiger partial charge on any atom is 0.323 e. The highest BCUT2D eigenvalue weighted by Crippen LogP contribution is 2.53. The van der Waals surface area contributed by atoms with Gasteiger partial charge in [0.15, 0.2) is 0 Å². The van der Waals surface area contributed by atoms with Crippen molar-refractivity contribution in [2.24, 2.45) is 0 Å². The van der Waals surface area contributed by atoms with Crippen molar-refractivity contribution >= 4 is 11.9 Å². The van der Waals surface area contributed by atoms with Gasteiger partial charge in [-0.3, -0.25) is 9.59 Å². The highest BCUT2D eigenvalue weighted by molar-refractivity contribution is 5.96. The number of hydrogen-bond acceptors (Lipinski definition) is 4. The van der Waals surface area contributed by atoms with Crippen LogP contribution in [0.2, 0.25) is 0 Å². The van der Waals surface area contributed by atoms with Crippen molar-refractivity contribution in [1.82, 2.24) is 0 Å². The first-order chi connectivity index (χ1) is 17.6. The fourth-order valence-electron chi connectivity index (χ4n) is 5.58. The lowest BCUT2D eigenvalue weighted by Crippen LogP contribution is -2.21. The Morgan fingerprint density at radius 2 is 1.68 bits per heavy atom. The molecule has 4 nitrogen and oxygen atoms in total. The predicted octanol–water partition coefficient (Wildman–Crippen LogP) is 7.77. The van der Waals surface area contributed by atoms with Gasteiger partial charge < -0.3 is 9.47 Å². The summed E-state index contributed by atoms with van der Waals surface area (Å²) in [7, 11) is 1.43. The number of fused-ring (bicyclic) bond motifs is 1. The zero-order valence-corrected chi connectivity index (χ0v) is 23.1. The topological polar surface area (TPSA) is 52.6 Å². The zero-order valence-electron chi connectivity index (χ0n) is 23.1. The van der Waals surface area contributed by atoms with E-state index in [-0.39, 0.29) is 23.3 Å². The molecule has 0 radical (unpaired) electrons. The van der Waals surface area contributed by atoms with Gasteiger partial charge in [0.25, 0.3) is 0 Å². The van der Waals surface area contributed by atoms with Crippen molar-refractivity contribution in [2.45, 2.75) is 78.1 Å². The Kier molecular flexibility index (Phi) is 7.59. The molecule has 1 atom stereocenters. The summed E-state index contributed by atoms with van der Waals surface area (Å²) in [5, 5.41) is 0. The van der Waals surface area contributed by atoms with Crippen molar-refractivity contribution in [2.75, 3.05) is 7.11 Å². The number of carbonyl (C=O) groups excluding carboxylic acids is 2. The number of benzene rings is 3. The maximum atomic E-state index is 13.6. The van der Waals surface area contributed by atoms with E-state index in [1.165, 1.54) is 12.7 Å². The number of aryl methyl sites for hydroxylation is 2. The van der Waals surface area contributed by atoms with Crippen LogP contribution >= 0.6 is 0 Å². The Balaban J connectivity index is 2.03. The number of methoxy groups -OCH3 is 1. The summed E-state index contributed by atoms with van der Waals surface area (Å²) < 4.78 is 11.0. The summed E-state index contributed by atoms with van der Waals surface area (Å²) in [6, 6.07) is 18.7. The van der Waals surface area contributed by atoms with Crippen LogP contribution in [0.15, 0.2) is 54.6 Å². The standard InChI is InChI=1S/C33H38O4/c1-20(2)25-19-26(33(5,6)18-12-17-27(34)36-7)28(23-15-10-8-13-21(23)3)30-29(32(35)37-31(25)30)24-16-11-9-14-22(24)4/h8-11,13-16,19-20,29H,12,17-18H2,1-7H3. The molecule has 0 spiro atoms. The molecular weight excluding hydrogens is 460 g/mol. The molecule has 0 aliphatic carbocycles. The molecule has 194 valence electrons. The zero-order chi connectivity index (χ0) is 26.9. The lowest BCUT2D eigenvalue weighted by Gasteiger charge is -2.32. The van der Waals surface area contributed by atoms with Crippen molar-refractivity contribution in [3.8, 4) is 16.9 Å². The molecule has 0 fully saturated rings. The molecule has 1 aliphatic heterocycles.